The highest BCUT2D eigenvalue weighted by molar-refractivity contribution is 5.80. The topological polar surface area (TPSA) is 110 Å². The summed E-state index contributed by atoms with van der Waals surface area (Å²) < 4.78 is 0. The average Bonchev–Trinajstić information content (AvgIpc) is 3.93. The first-order chi connectivity index (χ1) is 23.2. The number of rotatable bonds is 2. The number of nitro groups is 1. The fraction of sp³-hybridized carbons (Fsp3) is 0.100. The van der Waals surface area contributed by atoms with Crippen LogP contribution in [0.1, 0.15) is 47.8 Å². The van der Waals surface area contributed by atoms with Crippen LogP contribution in [0.5, 0.6) is 0 Å². The molecule has 0 radical (unpaired) electrons. The Labute approximate surface area is 277 Å². The lowest BCUT2D eigenvalue weighted by atomic mass is 10.1. The second kappa shape index (κ2) is 12.3. The third-order valence-electron chi connectivity index (χ3n) is 8.56. The number of anilines is 1. The summed E-state index contributed by atoms with van der Waals surface area (Å²) >= 11 is 0. The summed E-state index contributed by atoms with van der Waals surface area (Å²) in [4.78, 5) is 27.2. The van der Waals surface area contributed by atoms with E-state index in [1.807, 2.05) is 38.4 Å². The van der Waals surface area contributed by atoms with Crippen molar-refractivity contribution in [1.29, 1.82) is 0 Å². The molecule has 1 aliphatic rings. The molecule has 0 unspecified atom stereocenters. The number of aromatic amines is 4. The lowest BCUT2D eigenvalue weighted by Crippen LogP contribution is -2.16. The number of nitrogens with one attached hydrogen (secondary N) is 4. The van der Waals surface area contributed by atoms with Crippen LogP contribution in [0.4, 0.5) is 11.4 Å². The van der Waals surface area contributed by atoms with E-state index >= 15 is 0 Å². The van der Waals surface area contributed by atoms with E-state index in [0.29, 0.717) is 5.56 Å². The lowest BCUT2D eigenvalue weighted by Gasteiger charge is -2.11. The molecule has 8 nitrogen and oxygen atoms in total. The quantitative estimate of drug-likeness (QED) is 0.131. The normalized spacial score (nSPS) is 16.8. The van der Waals surface area contributed by atoms with Crippen LogP contribution >= 0.6 is 0 Å². The molecule has 4 N–H and O–H groups in total. The summed E-state index contributed by atoms with van der Waals surface area (Å²) in [5.74, 6) is 13.4. The van der Waals surface area contributed by atoms with Gasteiger partial charge in [0.05, 0.1) is 38.2 Å². The van der Waals surface area contributed by atoms with Gasteiger partial charge in [-0.3, -0.25) is 10.1 Å². The molecule has 48 heavy (non-hydrogen) atoms. The summed E-state index contributed by atoms with van der Waals surface area (Å²) in [5.41, 5.74) is 10.2. The van der Waals surface area contributed by atoms with E-state index < -0.39 is 4.92 Å². The molecule has 0 aliphatic carbocycles. The van der Waals surface area contributed by atoms with Crippen molar-refractivity contribution in [2.45, 2.75) is 13.8 Å². The van der Waals surface area contributed by atoms with Gasteiger partial charge in [-0.15, -0.1) is 0 Å². The Hall–Kier alpha value is -6.64. The predicted octanol–water partition coefficient (Wildman–Crippen LogP) is 4.23. The zero-order valence-electron chi connectivity index (χ0n) is 26.9. The van der Waals surface area contributed by atoms with Crippen molar-refractivity contribution >= 4 is 33.7 Å². The molecule has 0 atom stereocenters. The molecule has 0 saturated carbocycles. The fourth-order valence-electron chi connectivity index (χ4n) is 5.67. The zero-order chi connectivity index (χ0) is 33.4. The van der Waals surface area contributed by atoms with Crippen molar-refractivity contribution in [3.8, 4) is 23.7 Å². The molecule has 0 amide bonds. The standard InChI is InChI=1S/C40H32N6O2/c1-25-33-17-21-37(41-33)31(15-9-27-5-11-29(12-6-27)45(3)4)38-22-18-34(42-38)26(2)36-20-24-40(44-36)32(39-23-19-35(25)43-39)16-10-28-7-13-30(14-8-28)46(47)48/h5-8,11-14,17-24,41-44H,1-4H3/b33-25-,34-26?,35-25?,36-26-,37-31-,38-31?,39-32?,40-32-. The number of nitrogens with zero attached hydrogens (tertiary/aromatic N) is 2. The Balaban J connectivity index is 1.41. The van der Waals surface area contributed by atoms with Crippen LogP contribution < -0.4 is 26.3 Å². The smallest absolute Gasteiger partial charge is 0.269 e. The van der Waals surface area contributed by atoms with Gasteiger partial charge < -0.3 is 24.8 Å². The minimum Gasteiger partial charge on any atom is -0.378 e. The Bertz CT molecular complexity index is 2580. The highest BCUT2D eigenvalue weighted by Crippen LogP contribution is 2.19. The molecule has 0 fully saturated rings. The number of non-ortho nitro benzene ring substituents is 1. The van der Waals surface area contributed by atoms with E-state index in [-0.39, 0.29) is 5.69 Å². The van der Waals surface area contributed by atoms with Gasteiger partial charge in [0.2, 0.25) is 0 Å². The molecule has 234 valence electrons. The van der Waals surface area contributed by atoms with Gasteiger partial charge in [-0.05, 0) is 110 Å². The summed E-state index contributed by atoms with van der Waals surface area (Å²) in [6.45, 7) is 4.15. The van der Waals surface area contributed by atoms with Gasteiger partial charge in [-0.1, -0.05) is 23.7 Å². The molecular formula is C40H32N6O2. The minimum absolute atomic E-state index is 0.0320. The molecule has 5 heterocycles. The molecular weight excluding hydrogens is 596 g/mol. The average molecular weight is 629 g/mol. The summed E-state index contributed by atoms with van der Waals surface area (Å²) in [6.07, 6.45) is 0. The third-order valence-corrected chi connectivity index (χ3v) is 8.56. The first-order valence-corrected chi connectivity index (χ1v) is 15.5. The number of H-pyrrole nitrogens is 4. The number of nitro benzene ring substituents is 1. The van der Waals surface area contributed by atoms with Gasteiger partial charge in [0.1, 0.15) is 0 Å². The van der Waals surface area contributed by atoms with Crippen LogP contribution in [-0.2, 0) is 0 Å². The first-order valence-electron chi connectivity index (χ1n) is 15.5. The molecule has 4 aromatic heterocycles. The number of fused-ring (bicyclic) bond motifs is 8. The Morgan fingerprint density at radius 2 is 0.938 bits per heavy atom. The summed E-state index contributed by atoms with van der Waals surface area (Å²) in [5, 5.41) is 14.8. The van der Waals surface area contributed by atoms with E-state index in [9.17, 15) is 10.1 Å². The lowest BCUT2D eigenvalue weighted by molar-refractivity contribution is -0.384. The first kappa shape index (κ1) is 30.0. The molecule has 6 aromatic rings. The van der Waals surface area contributed by atoms with Crippen molar-refractivity contribution in [3.05, 3.63) is 162 Å². The molecule has 2 aromatic carbocycles. The molecule has 0 spiro atoms. The largest absolute Gasteiger partial charge is 0.378 e. The maximum Gasteiger partial charge on any atom is 0.269 e. The summed E-state index contributed by atoms with van der Waals surface area (Å²) in [6, 6.07) is 31.0. The van der Waals surface area contributed by atoms with Gasteiger partial charge in [-0.2, -0.15) is 0 Å². The van der Waals surface area contributed by atoms with E-state index in [2.05, 4.69) is 111 Å². The van der Waals surface area contributed by atoms with E-state index in [1.54, 1.807) is 12.1 Å². The Morgan fingerprint density at radius 3 is 1.38 bits per heavy atom. The molecule has 7 rings (SSSR count). The number of aromatic nitrogens is 4. The van der Waals surface area contributed by atoms with Gasteiger partial charge >= 0.3 is 0 Å². The predicted molar refractivity (Wildman–Crippen MR) is 191 cm³/mol. The van der Waals surface area contributed by atoms with Gasteiger partial charge in [-0.25, -0.2) is 0 Å². The van der Waals surface area contributed by atoms with Crippen molar-refractivity contribution < 1.29 is 4.92 Å². The molecule has 1 aliphatic heterocycles. The van der Waals surface area contributed by atoms with Crippen LogP contribution in [0, 0.1) is 33.8 Å². The maximum atomic E-state index is 11.1. The Morgan fingerprint density at radius 1 is 0.521 bits per heavy atom. The highest BCUT2D eigenvalue weighted by Gasteiger charge is 2.11. The second-order valence-electron chi connectivity index (χ2n) is 11.9. The van der Waals surface area contributed by atoms with Gasteiger partial charge in [0, 0.05) is 65.1 Å². The Kier molecular flexibility index (Phi) is 7.68. The molecule has 8 bridgehead atoms. The molecule has 0 saturated heterocycles. The van der Waals surface area contributed by atoms with Crippen LogP contribution in [0.15, 0.2) is 97.1 Å². The van der Waals surface area contributed by atoms with Crippen LogP contribution in [0.2, 0.25) is 0 Å². The maximum absolute atomic E-state index is 11.1. The van der Waals surface area contributed by atoms with Crippen LogP contribution in [0.25, 0.3) is 22.3 Å². The number of hydrogen-bond donors (Lipinski definition) is 4. The second-order valence-corrected chi connectivity index (χ2v) is 11.9. The van der Waals surface area contributed by atoms with E-state index in [4.69, 9.17) is 0 Å². The van der Waals surface area contributed by atoms with Gasteiger partial charge in [0.15, 0.2) is 0 Å². The molecule has 8 heteroatoms. The van der Waals surface area contributed by atoms with Crippen molar-refractivity contribution in [1.82, 2.24) is 19.9 Å². The van der Waals surface area contributed by atoms with Crippen molar-refractivity contribution in [3.63, 3.8) is 0 Å². The zero-order valence-corrected chi connectivity index (χ0v) is 26.9. The van der Waals surface area contributed by atoms with Gasteiger partial charge in [0.25, 0.3) is 5.69 Å². The van der Waals surface area contributed by atoms with E-state index in [1.165, 1.54) is 12.1 Å². The van der Waals surface area contributed by atoms with Crippen molar-refractivity contribution in [2.75, 3.05) is 19.0 Å². The fourth-order valence-corrected chi connectivity index (χ4v) is 5.67. The number of benzene rings is 2. The monoisotopic (exact) mass is 628 g/mol. The van der Waals surface area contributed by atoms with Crippen LogP contribution in [0.3, 0.4) is 0 Å². The SMILES string of the molecule is C/C1=c2\cc/c([nH]2)=C(\C#Cc2ccc(N(C)C)cc2)c2ccc([nH]2)/C(C)=c2/cc/c([nH]2)=C(\C#Cc2ccc([N+](=O)[O-])cc2)c2ccc1[nH]2. The van der Waals surface area contributed by atoms with Crippen molar-refractivity contribution in [2.24, 2.45) is 0 Å². The number of hydrogen-bond acceptors (Lipinski definition) is 3. The van der Waals surface area contributed by atoms with E-state index in [0.717, 1.165) is 77.7 Å². The summed E-state index contributed by atoms with van der Waals surface area (Å²) in [7, 11) is 4.05. The minimum atomic E-state index is -0.412. The van der Waals surface area contributed by atoms with Crippen LogP contribution in [-0.4, -0.2) is 39.0 Å². The third kappa shape index (κ3) is 5.87. The highest BCUT2D eigenvalue weighted by atomic mass is 16.6.